The predicted octanol–water partition coefficient (Wildman–Crippen LogP) is 2.43. The number of aromatic nitrogens is 2. The number of nitrogens with zero attached hydrogens (tertiary/aromatic N) is 2. The second-order valence-electron chi connectivity index (χ2n) is 5.54. The van der Waals surface area contributed by atoms with Crippen LogP contribution < -0.4 is 10.6 Å². The molecule has 2 N–H and O–H groups in total. The Bertz CT molecular complexity index is 659. The van der Waals surface area contributed by atoms with E-state index < -0.39 is 0 Å². The van der Waals surface area contributed by atoms with Crippen LogP contribution in [0.3, 0.4) is 0 Å². The van der Waals surface area contributed by atoms with Crippen molar-refractivity contribution >= 4 is 21.8 Å². The average Bonchev–Trinajstić information content (AvgIpc) is 3.15. The molecule has 5 nitrogen and oxygen atoms in total. The fraction of sp³-hybridized carbons (Fsp3) is 0.375. The lowest BCUT2D eigenvalue weighted by atomic mass is 10.2. The Morgan fingerprint density at radius 1 is 1.45 bits per heavy atom. The van der Waals surface area contributed by atoms with Gasteiger partial charge in [0.25, 0.3) is 5.91 Å². The molecule has 6 heteroatoms. The van der Waals surface area contributed by atoms with E-state index in [0.717, 1.165) is 28.8 Å². The van der Waals surface area contributed by atoms with Crippen molar-refractivity contribution < 1.29 is 4.79 Å². The number of carbonyl (C=O) groups excluding carboxylic acids is 1. The zero-order chi connectivity index (χ0) is 15.5. The number of carbonyl (C=O) groups is 1. The lowest BCUT2D eigenvalue weighted by Gasteiger charge is -2.11. The van der Waals surface area contributed by atoms with Gasteiger partial charge < -0.3 is 10.6 Å². The van der Waals surface area contributed by atoms with Crippen LogP contribution in [0.15, 0.2) is 34.9 Å². The molecule has 0 bridgehead atoms. The average molecular weight is 363 g/mol. The summed E-state index contributed by atoms with van der Waals surface area (Å²) in [6.07, 6.45) is 3.94. The van der Waals surface area contributed by atoms with Crippen molar-refractivity contribution in [3.63, 3.8) is 0 Å². The molecule has 1 saturated heterocycles. The summed E-state index contributed by atoms with van der Waals surface area (Å²) in [5.41, 5.74) is 2.41. The molecule has 1 aliphatic heterocycles. The summed E-state index contributed by atoms with van der Waals surface area (Å²) in [6, 6.07) is 8.25. The van der Waals surface area contributed by atoms with Crippen LogP contribution in [-0.4, -0.2) is 34.8 Å². The van der Waals surface area contributed by atoms with Gasteiger partial charge in [-0.2, -0.15) is 5.10 Å². The van der Waals surface area contributed by atoms with Gasteiger partial charge in [-0.05, 0) is 50.6 Å². The molecule has 0 spiro atoms. The molecule has 22 heavy (non-hydrogen) atoms. The van der Waals surface area contributed by atoms with Crippen LogP contribution >= 0.6 is 15.9 Å². The van der Waals surface area contributed by atoms with Gasteiger partial charge in [0, 0.05) is 17.1 Å². The van der Waals surface area contributed by atoms with Gasteiger partial charge in [0.2, 0.25) is 0 Å². The SMILES string of the molecule is Cc1c(C(=O)NCC2CCCN2)cnn1-c1ccc(Br)cc1. The van der Waals surface area contributed by atoms with E-state index in [1.165, 1.54) is 6.42 Å². The second kappa shape index (κ2) is 6.62. The van der Waals surface area contributed by atoms with Gasteiger partial charge in [-0.15, -0.1) is 0 Å². The lowest BCUT2D eigenvalue weighted by Crippen LogP contribution is -2.37. The Morgan fingerprint density at radius 3 is 2.91 bits per heavy atom. The molecule has 1 aromatic heterocycles. The van der Waals surface area contributed by atoms with Gasteiger partial charge in [0.15, 0.2) is 0 Å². The fourth-order valence-corrected chi connectivity index (χ4v) is 2.98. The summed E-state index contributed by atoms with van der Waals surface area (Å²) in [5, 5.41) is 10.7. The standard InChI is InChI=1S/C16H19BrN4O/c1-11-15(16(22)19-9-13-3-2-8-18-13)10-20-21(11)14-6-4-12(17)5-7-14/h4-7,10,13,18H,2-3,8-9H2,1H3,(H,19,22). The summed E-state index contributed by atoms with van der Waals surface area (Å²) in [7, 11) is 0. The van der Waals surface area contributed by atoms with E-state index in [1.807, 2.05) is 31.2 Å². The molecule has 2 aromatic rings. The molecule has 2 heterocycles. The zero-order valence-corrected chi connectivity index (χ0v) is 14.1. The first-order chi connectivity index (χ1) is 10.6. The van der Waals surface area contributed by atoms with E-state index in [9.17, 15) is 4.79 Å². The van der Waals surface area contributed by atoms with Crippen molar-refractivity contribution in [2.45, 2.75) is 25.8 Å². The van der Waals surface area contributed by atoms with Gasteiger partial charge in [0.05, 0.1) is 23.1 Å². The fourth-order valence-electron chi connectivity index (χ4n) is 2.72. The minimum absolute atomic E-state index is 0.0606. The van der Waals surface area contributed by atoms with Crippen LogP contribution in [0.1, 0.15) is 28.9 Å². The van der Waals surface area contributed by atoms with Crippen molar-refractivity contribution in [3.05, 3.63) is 46.2 Å². The van der Waals surface area contributed by atoms with Gasteiger partial charge >= 0.3 is 0 Å². The summed E-state index contributed by atoms with van der Waals surface area (Å²) < 4.78 is 2.80. The first-order valence-electron chi connectivity index (χ1n) is 7.47. The van der Waals surface area contributed by atoms with E-state index in [4.69, 9.17) is 0 Å². The highest BCUT2D eigenvalue weighted by atomic mass is 79.9. The maximum absolute atomic E-state index is 12.3. The quantitative estimate of drug-likeness (QED) is 0.877. The molecule has 1 aliphatic rings. The van der Waals surface area contributed by atoms with Gasteiger partial charge in [-0.1, -0.05) is 15.9 Å². The minimum Gasteiger partial charge on any atom is -0.350 e. The van der Waals surface area contributed by atoms with E-state index >= 15 is 0 Å². The molecule has 0 radical (unpaired) electrons. The summed E-state index contributed by atoms with van der Waals surface area (Å²) >= 11 is 3.42. The first-order valence-corrected chi connectivity index (χ1v) is 8.26. The largest absolute Gasteiger partial charge is 0.350 e. The molecule has 0 saturated carbocycles. The number of hydrogen-bond acceptors (Lipinski definition) is 3. The maximum Gasteiger partial charge on any atom is 0.254 e. The Kier molecular flexibility index (Phi) is 4.59. The number of halogens is 1. The highest BCUT2D eigenvalue weighted by Crippen LogP contribution is 2.17. The highest BCUT2D eigenvalue weighted by molar-refractivity contribution is 9.10. The third kappa shape index (κ3) is 3.23. The molecule has 1 unspecified atom stereocenters. The Balaban J connectivity index is 1.72. The van der Waals surface area contributed by atoms with Crippen molar-refractivity contribution in [2.75, 3.05) is 13.1 Å². The van der Waals surface area contributed by atoms with Crippen LogP contribution in [0.5, 0.6) is 0 Å². The summed E-state index contributed by atoms with van der Waals surface area (Å²) in [6.45, 7) is 3.63. The molecule has 1 aromatic carbocycles. The topological polar surface area (TPSA) is 59.0 Å². The number of rotatable bonds is 4. The van der Waals surface area contributed by atoms with Crippen molar-refractivity contribution in [3.8, 4) is 5.69 Å². The lowest BCUT2D eigenvalue weighted by molar-refractivity contribution is 0.0949. The molecule has 1 amide bonds. The zero-order valence-electron chi connectivity index (χ0n) is 12.5. The molecular formula is C16H19BrN4O. The summed E-state index contributed by atoms with van der Waals surface area (Å²) in [5.74, 6) is -0.0606. The minimum atomic E-state index is -0.0606. The first kappa shape index (κ1) is 15.2. The number of nitrogens with one attached hydrogen (secondary N) is 2. The monoisotopic (exact) mass is 362 g/mol. The molecule has 3 rings (SSSR count). The van der Waals surface area contributed by atoms with E-state index in [-0.39, 0.29) is 5.91 Å². The third-order valence-electron chi connectivity index (χ3n) is 4.00. The smallest absolute Gasteiger partial charge is 0.254 e. The van der Waals surface area contributed by atoms with Gasteiger partial charge in [-0.25, -0.2) is 4.68 Å². The normalized spacial score (nSPS) is 17.6. The van der Waals surface area contributed by atoms with E-state index in [0.29, 0.717) is 18.2 Å². The van der Waals surface area contributed by atoms with Crippen LogP contribution in [0.25, 0.3) is 5.69 Å². The van der Waals surface area contributed by atoms with Gasteiger partial charge in [0.1, 0.15) is 0 Å². The Hall–Kier alpha value is -1.66. The molecular weight excluding hydrogens is 344 g/mol. The van der Waals surface area contributed by atoms with Crippen molar-refractivity contribution in [2.24, 2.45) is 0 Å². The number of amides is 1. The van der Waals surface area contributed by atoms with E-state index in [1.54, 1.807) is 10.9 Å². The van der Waals surface area contributed by atoms with Crippen LogP contribution in [0.4, 0.5) is 0 Å². The highest BCUT2D eigenvalue weighted by Gasteiger charge is 2.18. The summed E-state index contributed by atoms with van der Waals surface area (Å²) in [4.78, 5) is 12.3. The van der Waals surface area contributed by atoms with Crippen molar-refractivity contribution in [1.82, 2.24) is 20.4 Å². The number of hydrogen-bond donors (Lipinski definition) is 2. The molecule has 1 atom stereocenters. The molecule has 1 fully saturated rings. The Labute approximate surface area is 138 Å². The molecule has 116 valence electrons. The maximum atomic E-state index is 12.3. The molecule has 0 aliphatic carbocycles. The van der Waals surface area contributed by atoms with Crippen LogP contribution in [-0.2, 0) is 0 Å². The third-order valence-corrected chi connectivity index (χ3v) is 4.53. The van der Waals surface area contributed by atoms with Gasteiger partial charge in [-0.3, -0.25) is 4.79 Å². The van der Waals surface area contributed by atoms with Crippen LogP contribution in [0.2, 0.25) is 0 Å². The van der Waals surface area contributed by atoms with Crippen LogP contribution in [0, 0.1) is 6.92 Å². The predicted molar refractivity (Wildman–Crippen MR) is 89.4 cm³/mol. The second-order valence-corrected chi connectivity index (χ2v) is 6.45. The Morgan fingerprint density at radius 2 is 2.23 bits per heavy atom. The van der Waals surface area contributed by atoms with E-state index in [2.05, 4.69) is 31.7 Å². The van der Waals surface area contributed by atoms with Crippen molar-refractivity contribution in [1.29, 1.82) is 0 Å². The number of benzene rings is 1.